The SMILES string of the molecule is CC(C)C1(O)CN(C(=O)c2ccc([N+](=O)[O-])o2)C1. The fraction of sp³-hybridized carbons (Fsp3) is 0.545. The number of nitro groups is 1. The normalized spacial score (nSPS) is 17.7. The maximum Gasteiger partial charge on any atom is 0.433 e. The molecule has 2 heterocycles. The van der Waals surface area contributed by atoms with Crippen molar-refractivity contribution in [3.8, 4) is 0 Å². The standard InChI is InChI=1S/C11H14N2O5/c1-7(2)11(15)5-12(6-11)10(14)8-3-4-9(18-8)13(16)17/h3-4,7,15H,5-6H2,1-2H3. The summed E-state index contributed by atoms with van der Waals surface area (Å²) in [7, 11) is 0. The van der Waals surface area contributed by atoms with Gasteiger partial charge in [-0.05, 0) is 12.0 Å². The van der Waals surface area contributed by atoms with E-state index in [2.05, 4.69) is 0 Å². The average molecular weight is 254 g/mol. The first kappa shape index (κ1) is 12.6. The molecule has 0 radical (unpaired) electrons. The van der Waals surface area contributed by atoms with Crippen LogP contribution in [0.3, 0.4) is 0 Å². The van der Waals surface area contributed by atoms with Crippen LogP contribution in [0, 0.1) is 16.0 Å². The van der Waals surface area contributed by atoms with Crippen LogP contribution in [0.1, 0.15) is 24.4 Å². The topological polar surface area (TPSA) is 96.8 Å². The molecule has 1 aromatic heterocycles. The number of likely N-dealkylation sites (tertiary alicyclic amines) is 1. The summed E-state index contributed by atoms with van der Waals surface area (Å²) in [6, 6.07) is 2.41. The summed E-state index contributed by atoms with van der Waals surface area (Å²) < 4.78 is 4.82. The molecule has 0 atom stereocenters. The number of carbonyl (C=O) groups is 1. The minimum absolute atomic E-state index is 0.0486. The van der Waals surface area contributed by atoms with Crippen molar-refractivity contribution in [1.29, 1.82) is 0 Å². The second kappa shape index (κ2) is 4.09. The van der Waals surface area contributed by atoms with Crippen LogP contribution < -0.4 is 0 Å². The molecule has 7 heteroatoms. The second-order valence-corrected chi connectivity index (χ2v) is 4.81. The summed E-state index contributed by atoms with van der Waals surface area (Å²) in [4.78, 5) is 23.0. The maximum absolute atomic E-state index is 11.9. The van der Waals surface area contributed by atoms with Crippen LogP contribution in [0.25, 0.3) is 0 Å². The third-order valence-electron chi connectivity index (χ3n) is 3.27. The van der Waals surface area contributed by atoms with Crippen LogP contribution in [0.15, 0.2) is 16.5 Å². The lowest BCUT2D eigenvalue weighted by Crippen LogP contribution is -2.65. The molecule has 0 spiro atoms. The van der Waals surface area contributed by atoms with Crippen LogP contribution in [0.2, 0.25) is 0 Å². The van der Waals surface area contributed by atoms with Gasteiger partial charge in [-0.25, -0.2) is 0 Å². The Labute approximate surface area is 103 Å². The van der Waals surface area contributed by atoms with Crippen LogP contribution in [0.5, 0.6) is 0 Å². The molecule has 0 aromatic carbocycles. The van der Waals surface area contributed by atoms with Gasteiger partial charge in [-0.2, -0.15) is 0 Å². The molecular formula is C11H14N2O5. The van der Waals surface area contributed by atoms with E-state index in [0.29, 0.717) is 0 Å². The van der Waals surface area contributed by atoms with Gasteiger partial charge < -0.3 is 14.4 Å². The van der Waals surface area contributed by atoms with Crippen molar-refractivity contribution in [2.45, 2.75) is 19.4 Å². The Hall–Kier alpha value is -1.89. The minimum atomic E-state index is -0.867. The first-order valence-corrected chi connectivity index (χ1v) is 5.59. The predicted octanol–water partition coefficient (Wildman–Crippen LogP) is 1.03. The van der Waals surface area contributed by atoms with Crippen LogP contribution in [-0.2, 0) is 0 Å². The highest BCUT2D eigenvalue weighted by Gasteiger charge is 2.46. The van der Waals surface area contributed by atoms with E-state index in [9.17, 15) is 20.0 Å². The summed E-state index contributed by atoms with van der Waals surface area (Å²) in [5, 5.41) is 20.4. The first-order valence-electron chi connectivity index (χ1n) is 5.59. The molecule has 1 aliphatic heterocycles. The number of rotatable bonds is 3. The van der Waals surface area contributed by atoms with E-state index in [1.165, 1.54) is 11.0 Å². The highest BCUT2D eigenvalue weighted by atomic mass is 16.6. The van der Waals surface area contributed by atoms with Crippen molar-refractivity contribution in [3.63, 3.8) is 0 Å². The fourth-order valence-corrected chi connectivity index (χ4v) is 1.82. The number of hydrogen-bond donors (Lipinski definition) is 1. The largest absolute Gasteiger partial charge is 0.433 e. The Kier molecular flexibility index (Phi) is 2.86. The lowest BCUT2D eigenvalue weighted by Gasteiger charge is -2.48. The zero-order chi connectivity index (χ0) is 13.5. The molecule has 0 aliphatic carbocycles. The highest BCUT2D eigenvalue weighted by molar-refractivity contribution is 5.92. The molecule has 0 saturated carbocycles. The second-order valence-electron chi connectivity index (χ2n) is 4.81. The van der Waals surface area contributed by atoms with Crippen molar-refractivity contribution in [1.82, 2.24) is 4.90 Å². The summed E-state index contributed by atoms with van der Waals surface area (Å²) in [5.74, 6) is -0.925. The quantitative estimate of drug-likeness (QED) is 0.641. The molecule has 0 bridgehead atoms. The van der Waals surface area contributed by atoms with E-state index < -0.39 is 22.3 Å². The molecule has 1 saturated heterocycles. The minimum Gasteiger partial charge on any atom is -0.395 e. The van der Waals surface area contributed by atoms with E-state index in [-0.39, 0.29) is 24.8 Å². The van der Waals surface area contributed by atoms with Crippen molar-refractivity contribution >= 4 is 11.8 Å². The van der Waals surface area contributed by atoms with Crippen LogP contribution in [0.4, 0.5) is 5.88 Å². The highest BCUT2D eigenvalue weighted by Crippen LogP contribution is 2.30. The van der Waals surface area contributed by atoms with Gasteiger partial charge in [0.15, 0.2) is 5.76 Å². The number of nitrogens with zero attached hydrogens (tertiary/aromatic N) is 2. The van der Waals surface area contributed by atoms with Gasteiger partial charge in [-0.1, -0.05) is 13.8 Å². The fourth-order valence-electron chi connectivity index (χ4n) is 1.82. The summed E-state index contributed by atoms with van der Waals surface area (Å²) in [5.41, 5.74) is -0.867. The lowest BCUT2D eigenvalue weighted by atomic mass is 9.83. The summed E-state index contributed by atoms with van der Waals surface area (Å²) >= 11 is 0. The van der Waals surface area contributed by atoms with Crippen LogP contribution in [-0.4, -0.2) is 39.5 Å². The lowest BCUT2D eigenvalue weighted by molar-refractivity contribution is -0.402. The van der Waals surface area contributed by atoms with Crippen molar-refractivity contribution in [2.75, 3.05) is 13.1 Å². The Morgan fingerprint density at radius 2 is 2.17 bits per heavy atom. The number of β-amino-alcohol motifs (C(OH)–C–C–N with tert-alkyl or cyclic N) is 1. The van der Waals surface area contributed by atoms with Gasteiger partial charge in [0.25, 0.3) is 5.91 Å². The van der Waals surface area contributed by atoms with Gasteiger partial charge in [0.05, 0.1) is 19.2 Å². The number of amides is 1. The molecule has 1 amide bonds. The number of furan rings is 1. The molecule has 1 N–H and O–H groups in total. The number of hydrogen-bond acceptors (Lipinski definition) is 5. The number of aliphatic hydroxyl groups is 1. The van der Waals surface area contributed by atoms with Gasteiger partial charge in [-0.3, -0.25) is 14.9 Å². The zero-order valence-electron chi connectivity index (χ0n) is 10.1. The van der Waals surface area contributed by atoms with E-state index in [1.807, 2.05) is 13.8 Å². The average Bonchev–Trinajstić information content (AvgIpc) is 2.72. The Morgan fingerprint density at radius 3 is 2.61 bits per heavy atom. The first-order chi connectivity index (χ1) is 8.33. The smallest absolute Gasteiger partial charge is 0.395 e. The van der Waals surface area contributed by atoms with Gasteiger partial charge in [0.2, 0.25) is 0 Å². The molecule has 2 rings (SSSR count). The molecule has 1 aromatic rings. The Morgan fingerprint density at radius 1 is 1.56 bits per heavy atom. The van der Waals surface area contributed by atoms with Crippen molar-refractivity contribution < 1.29 is 19.2 Å². The van der Waals surface area contributed by atoms with E-state index >= 15 is 0 Å². The van der Waals surface area contributed by atoms with Crippen LogP contribution >= 0.6 is 0 Å². The zero-order valence-corrected chi connectivity index (χ0v) is 10.1. The van der Waals surface area contributed by atoms with Crippen molar-refractivity contribution in [2.24, 2.45) is 5.92 Å². The third-order valence-corrected chi connectivity index (χ3v) is 3.27. The Bertz CT molecular complexity index is 487. The van der Waals surface area contributed by atoms with Gasteiger partial charge in [0.1, 0.15) is 10.5 Å². The molecule has 0 unspecified atom stereocenters. The predicted molar refractivity (Wildman–Crippen MR) is 61.1 cm³/mol. The monoisotopic (exact) mass is 254 g/mol. The molecule has 1 aliphatic rings. The van der Waals surface area contributed by atoms with Gasteiger partial charge in [-0.15, -0.1) is 0 Å². The van der Waals surface area contributed by atoms with E-state index in [1.54, 1.807) is 0 Å². The molecule has 98 valence electrons. The molecule has 18 heavy (non-hydrogen) atoms. The summed E-state index contributed by atoms with van der Waals surface area (Å²) in [6.07, 6.45) is 0. The van der Waals surface area contributed by atoms with Gasteiger partial charge in [0, 0.05) is 0 Å². The van der Waals surface area contributed by atoms with E-state index in [0.717, 1.165) is 6.07 Å². The summed E-state index contributed by atoms with van der Waals surface area (Å²) in [6.45, 7) is 4.19. The molecule has 7 nitrogen and oxygen atoms in total. The van der Waals surface area contributed by atoms with Crippen molar-refractivity contribution in [3.05, 3.63) is 28.0 Å². The van der Waals surface area contributed by atoms with E-state index in [4.69, 9.17) is 4.42 Å². The third kappa shape index (κ3) is 1.97. The number of carbonyl (C=O) groups excluding carboxylic acids is 1. The molecule has 1 fully saturated rings. The molecular weight excluding hydrogens is 240 g/mol. The van der Waals surface area contributed by atoms with Gasteiger partial charge >= 0.3 is 5.88 Å². The Balaban J connectivity index is 2.04. The maximum atomic E-state index is 11.9.